The third-order valence-electron chi connectivity index (χ3n) is 3.96. The summed E-state index contributed by atoms with van der Waals surface area (Å²) in [6.07, 6.45) is 5.68. The highest BCUT2D eigenvalue weighted by molar-refractivity contribution is 6.32. The van der Waals surface area contributed by atoms with Crippen LogP contribution < -0.4 is 5.73 Å². The molecule has 0 bridgehead atoms. The molecule has 0 radical (unpaired) electrons. The summed E-state index contributed by atoms with van der Waals surface area (Å²) in [5.74, 6) is 0.407. The Bertz CT molecular complexity index is 404. The largest absolute Gasteiger partial charge is 0.381 e. The van der Waals surface area contributed by atoms with Crippen molar-refractivity contribution in [2.75, 3.05) is 25.6 Å². The number of anilines is 1. The Hall–Kier alpha value is -0.780. The maximum atomic E-state index is 6.01. The fraction of sp³-hybridized carbons (Fsp3) is 0.750. The SMILES string of the molecule is Nc1nn(C2CCOC3(CCOCC3)C2)cc1Cl. The number of rotatable bonds is 1. The van der Waals surface area contributed by atoms with E-state index in [0.29, 0.717) is 16.9 Å². The molecule has 3 rings (SSSR count). The number of hydrogen-bond donors (Lipinski definition) is 1. The van der Waals surface area contributed by atoms with Crippen LogP contribution in [-0.4, -0.2) is 35.2 Å². The predicted octanol–water partition coefficient (Wildman–Crippen LogP) is 2.02. The number of nitrogen functional groups attached to an aromatic ring is 1. The second-order valence-electron chi connectivity index (χ2n) is 5.13. The zero-order chi connectivity index (χ0) is 12.6. The van der Waals surface area contributed by atoms with Crippen molar-refractivity contribution in [1.29, 1.82) is 0 Å². The highest BCUT2D eigenvalue weighted by Crippen LogP contribution is 2.39. The van der Waals surface area contributed by atoms with E-state index >= 15 is 0 Å². The van der Waals surface area contributed by atoms with Gasteiger partial charge in [-0.3, -0.25) is 4.68 Å². The van der Waals surface area contributed by atoms with Crippen LogP contribution in [0.2, 0.25) is 5.02 Å². The Morgan fingerprint density at radius 3 is 2.83 bits per heavy atom. The number of ether oxygens (including phenoxy) is 2. The minimum Gasteiger partial charge on any atom is -0.381 e. The molecule has 2 saturated heterocycles. The van der Waals surface area contributed by atoms with Crippen LogP contribution in [0, 0.1) is 0 Å². The molecular weight excluding hydrogens is 254 g/mol. The lowest BCUT2D eigenvalue weighted by molar-refractivity contribution is -0.145. The van der Waals surface area contributed by atoms with E-state index in [1.807, 2.05) is 10.9 Å². The molecule has 2 fully saturated rings. The van der Waals surface area contributed by atoms with E-state index in [1.165, 1.54) is 0 Å². The van der Waals surface area contributed by atoms with Gasteiger partial charge in [0.25, 0.3) is 0 Å². The molecule has 3 heterocycles. The van der Waals surface area contributed by atoms with Gasteiger partial charge in [0.05, 0.1) is 11.6 Å². The van der Waals surface area contributed by atoms with Crippen LogP contribution in [0.1, 0.15) is 31.7 Å². The van der Waals surface area contributed by atoms with Crippen molar-refractivity contribution in [3.05, 3.63) is 11.2 Å². The van der Waals surface area contributed by atoms with Gasteiger partial charge in [-0.1, -0.05) is 11.6 Å². The Kier molecular flexibility index (Phi) is 3.21. The molecule has 2 aliphatic rings. The summed E-state index contributed by atoms with van der Waals surface area (Å²) in [7, 11) is 0. The van der Waals surface area contributed by atoms with Gasteiger partial charge >= 0.3 is 0 Å². The number of aromatic nitrogens is 2. The van der Waals surface area contributed by atoms with Gasteiger partial charge in [0.1, 0.15) is 5.02 Å². The third kappa shape index (κ3) is 2.22. The van der Waals surface area contributed by atoms with Gasteiger partial charge in [0.15, 0.2) is 5.82 Å². The summed E-state index contributed by atoms with van der Waals surface area (Å²) in [6, 6.07) is 0.326. The maximum Gasteiger partial charge on any atom is 0.164 e. The second kappa shape index (κ2) is 4.72. The minimum atomic E-state index is -0.0334. The fourth-order valence-corrected chi connectivity index (χ4v) is 3.03. The molecule has 1 spiro atoms. The number of nitrogens with zero attached hydrogens (tertiary/aromatic N) is 2. The van der Waals surface area contributed by atoms with Crippen LogP contribution in [0.25, 0.3) is 0 Å². The van der Waals surface area contributed by atoms with Gasteiger partial charge in [-0.05, 0) is 25.7 Å². The molecule has 1 atom stereocenters. The zero-order valence-corrected chi connectivity index (χ0v) is 11.0. The van der Waals surface area contributed by atoms with Crippen molar-refractivity contribution in [1.82, 2.24) is 9.78 Å². The molecule has 1 unspecified atom stereocenters. The van der Waals surface area contributed by atoms with Gasteiger partial charge in [-0.2, -0.15) is 5.10 Å². The van der Waals surface area contributed by atoms with Crippen LogP contribution in [-0.2, 0) is 9.47 Å². The highest BCUT2D eigenvalue weighted by atomic mass is 35.5. The summed E-state index contributed by atoms with van der Waals surface area (Å²) < 4.78 is 13.3. The molecule has 0 aliphatic carbocycles. The first kappa shape index (κ1) is 12.3. The highest BCUT2D eigenvalue weighted by Gasteiger charge is 2.39. The smallest absolute Gasteiger partial charge is 0.164 e. The summed E-state index contributed by atoms with van der Waals surface area (Å²) in [4.78, 5) is 0. The topological polar surface area (TPSA) is 62.3 Å². The normalized spacial score (nSPS) is 27.5. The monoisotopic (exact) mass is 271 g/mol. The molecule has 2 N–H and O–H groups in total. The van der Waals surface area contributed by atoms with Crippen molar-refractivity contribution in [3.63, 3.8) is 0 Å². The average molecular weight is 272 g/mol. The van der Waals surface area contributed by atoms with E-state index in [-0.39, 0.29) is 5.60 Å². The number of nitrogens with two attached hydrogens (primary N) is 1. The molecular formula is C12H18ClN3O2. The molecule has 0 aromatic carbocycles. The lowest BCUT2D eigenvalue weighted by Gasteiger charge is -2.43. The van der Waals surface area contributed by atoms with Crippen molar-refractivity contribution in [2.45, 2.75) is 37.3 Å². The lowest BCUT2D eigenvalue weighted by atomic mass is 9.84. The Balaban J connectivity index is 1.77. The standard InChI is InChI=1S/C12H18ClN3O2/c13-10-8-16(15-11(10)14)9-1-4-18-12(7-9)2-5-17-6-3-12/h8-9H,1-7H2,(H2,14,15). The van der Waals surface area contributed by atoms with E-state index in [2.05, 4.69) is 5.10 Å². The van der Waals surface area contributed by atoms with Crippen molar-refractivity contribution < 1.29 is 9.47 Å². The third-order valence-corrected chi connectivity index (χ3v) is 4.25. The van der Waals surface area contributed by atoms with E-state index < -0.39 is 0 Å². The van der Waals surface area contributed by atoms with Gasteiger partial charge in [-0.15, -0.1) is 0 Å². The average Bonchev–Trinajstić information content (AvgIpc) is 2.71. The predicted molar refractivity (Wildman–Crippen MR) is 68.7 cm³/mol. The first-order valence-corrected chi connectivity index (χ1v) is 6.78. The first-order valence-electron chi connectivity index (χ1n) is 6.40. The summed E-state index contributed by atoms with van der Waals surface area (Å²) in [6.45, 7) is 2.34. The summed E-state index contributed by atoms with van der Waals surface area (Å²) in [5, 5.41) is 4.82. The van der Waals surface area contributed by atoms with Crippen LogP contribution in [0.15, 0.2) is 6.20 Å². The number of halogens is 1. The Morgan fingerprint density at radius 1 is 1.39 bits per heavy atom. The minimum absolute atomic E-state index is 0.0334. The van der Waals surface area contributed by atoms with Gasteiger partial charge in [-0.25, -0.2) is 0 Å². The van der Waals surface area contributed by atoms with Crippen molar-refractivity contribution >= 4 is 17.4 Å². The van der Waals surface area contributed by atoms with Crippen molar-refractivity contribution in [3.8, 4) is 0 Å². The number of hydrogen-bond acceptors (Lipinski definition) is 4. The molecule has 6 heteroatoms. The van der Waals surface area contributed by atoms with E-state index in [4.69, 9.17) is 26.8 Å². The summed E-state index contributed by atoms with van der Waals surface area (Å²) >= 11 is 5.97. The van der Waals surface area contributed by atoms with Crippen molar-refractivity contribution in [2.24, 2.45) is 0 Å². The molecule has 2 aliphatic heterocycles. The second-order valence-corrected chi connectivity index (χ2v) is 5.54. The van der Waals surface area contributed by atoms with Gasteiger partial charge < -0.3 is 15.2 Å². The quantitative estimate of drug-likeness (QED) is 0.849. The van der Waals surface area contributed by atoms with E-state index in [0.717, 1.165) is 45.5 Å². The molecule has 0 amide bonds. The molecule has 18 heavy (non-hydrogen) atoms. The van der Waals surface area contributed by atoms with Crippen LogP contribution in [0.5, 0.6) is 0 Å². The first-order chi connectivity index (χ1) is 8.69. The van der Waals surface area contributed by atoms with Crippen LogP contribution >= 0.6 is 11.6 Å². The molecule has 1 aromatic rings. The zero-order valence-electron chi connectivity index (χ0n) is 10.3. The van der Waals surface area contributed by atoms with E-state index in [1.54, 1.807) is 0 Å². The Labute approximate surface area is 111 Å². The lowest BCUT2D eigenvalue weighted by Crippen LogP contribution is -2.44. The van der Waals surface area contributed by atoms with E-state index in [9.17, 15) is 0 Å². The fourth-order valence-electron chi connectivity index (χ4n) is 2.89. The summed E-state index contributed by atoms with van der Waals surface area (Å²) in [5.41, 5.74) is 5.67. The van der Waals surface area contributed by atoms with Gasteiger partial charge in [0.2, 0.25) is 0 Å². The Morgan fingerprint density at radius 2 is 2.17 bits per heavy atom. The maximum absolute atomic E-state index is 6.01. The molecule has 100 valence electrons. The molecule has 0 saturated carbocycles. The van der Waals surface area contributed by atoms with Crippen LogP contribution in [0.4, 0.5) is 5.82 Å². The van der Waals surface area contributed by atoms with Gasteiger partial charge in [0, 0.05) is 26.0 Å². The molecule has 1 aromatic heterocycles. The molecule has 5 nitrogen and oxygen atoms in total. The van der Waals surface area contributed by atoms with Crippen LogP contribution in [0.3, 0.4) is 0 Å².